The number of hydrazine groups is 1. The number of nitrogens with one attached hydrogen (secondary N) is 1. The molecule has 1 aliphatic rings. The quantitative estimate of drug-likeness (QED) is 0.759. The number of benzene rings is 1. The molecule has 0 fully saturated rings. The average molecular weight is 204 g/mol. The Kier molecular flexibility index (Phi) is 3.39. The molecular weight excluding hydrogens is 184 g/mol. The smallest absolute Gasteiger partial charge is 0.0171 e. The molecule has 0 amide bonds. The number of hydrogen-bond acceptors (Lipinski definition) is 2. The van der Waals surface area contributed by atoms with Crippen LogP contribution in [0.25, 0.3) is 0 Å². The third-order valence-corrected chi connectivity index (χ3v) is 3.15. The molecule has 2 heteroatoms. The molecule has 0 radical (unpaired) electrons. The molecule has 1 aliphatic carbocycles. The van der Waals surface area contributed by atoms with Gasteiger partial charge in [-0.3, -0.25) is 10.4 Å². The van der Waals surface area contributed by atoms with Crippen LogP contribution in [-0.4, -0.2) is 25.6 Å². The van der Waals surface area contributed by atoms with Gasteiger partial charge in [0.15, 0.2) is 0 Å². The number of nitrogens with zero attached hydrogens (tertiary/aromatic N) is 1. The standard InChI is InChI=1S/C13H20N2/c1-15(2)14-10-12-8-5-7-11-6-3-4-9-13(11)12/h3-4,6,9,12,14H,5,7-8,10H2,1-2H3. The van der Waals surface area contributed by atoms with Crippen LogP contribution >= 0.6 is 0 Å². The van der Waals surface area contributed by atoms with Crippen LogP contribution in [0, 0.1) is 0 Å². The van der Waals surface area contributed by atoms with Gasteiger partial charge in [0.2, 0.25) is 0 Å². The van der Waals surface area contributed by atoms with Crippen molar-refractivity contribution in [3.8, 4) is 0 Å². The van der Waals surface area contributed by atoms with E-state index in [0.717, 1.165) is 6.54 Å². The molecule has 1 aromatic rings. The summed E-state index contributed by atoms with van der Waals surface area (Å²) in [4.78, 5) is 0. The molecule has 1 aromatic carbocycles. The van der Waals surface area contributed by atoms with Gasteiger partial charge in [0.25, 0.3) is 0 Å². The van der Waals surface area contributed by atoms with E-state index in [1.807, 2.05) is 5.01 Å². The maximum atomic E-state index is 3.39. The van der Waals surface area contributed by atoms with Crippen molar-refractivity contribution in [1.82, 2.24) is 10.4 Å². The molecule has 0 heterocycles. The van der Waals surface area contributed by atoms with Gasteiger partial charge in [-0.2, -0.15) is 0 Å². The Labute approximate surface area is 92.3 Å². The highest BCUT2D eigenvalue weighted by Crippen LogP contribution is 2.30. The van der Waals surface area contributed by atoms with Gasteiger partial charge in [-0.15, -0.1) is 0 Å². The van der Waals surface area contributed by atoms with Crippen LogP contribution in [-0.2, 0) is 6.42 Å². The maximum Gasteiger partial charge on any atom is 0.0171 e. The van der Waals surface area contributed by atoms with Crippen LogP contribution in [0.15, 0.2) is 24.3 Å². The van der Waals surface area contributed by atoms with Crippen molar-refractivity contribution in [1.29, 1.82) is 0 Å². The third kappa shape index (κ3) is 2.58. The summed E-state index contributed by atoms with van der Waals surface area (Å²) >= 11 is 0. The molecule has 1 unspecified atom stereocenters. The third-order valence-electron chi connectivity index (χ3n) is 3.15. The van der Waals surface area contributed by atoms with Crippen LogP contribution in [0.5, 0.6) is 0 Å². The van der Waals surface area contributed by atoms with E-state index in [9.17, 15) is 0 Å². The molecule has 82 valence electrons. The topological polar surface area (TPSA) is 15.3 Å². The lowest BCUT2D eigenvalue weighted by Crippen LogP contribution is -2.34. The van der Waals surface area contributed by atoms with Gasteiger partial charge in [-0.25, -0.2) is 0 Å². The first-order valence-electron chi connectivity index (χ1n) is 5.76. The number of hydrogen-bond donors (Lipinski definition) is 1. The molecule has 0 saturated carbocycles. The summed E-state index contributed by atoms with van der Waals surface area (Å²) in [5.74, 6) is 0.692. The largest absolute Gasteiger partial charge is 0.255 e. The van der Waals surface area contributed by atoms with Gasteiger partial charge >= 0.3 is 0 Å². The SMILES string of the molecule is CN(C)NCC1CCCc2ccccc21. The fourth-order valence-electron chi connectivity index (χ4n) is 2.36. The number of rotatable bonds is 3. The summed E-state index contributed by atoms with van der Waals surface area (Å²) < 4.78 is 0. The summed E-state index contributed by atoms with van der Waals surface area (Å²) in [6.45, 7) is 1.06. The minimum atomic E-state index is 0.692. The van der Waals surface area contributed by atoms with Crippen molar-refractivity contribution in [3.63, 3.8) is 0 Å². The van der Waals surface area contributed by atoms with Crippen LogP contribution in [0.1, 0.15) is 29.9 Å². The first-order valence-corrected chi connectivity index (χ1v) is 5.76. The minimum Gasteiger partial charge on any atom is -0.255 e. The lowest BCUT2D eigenvalue weighted by molar-refractivity contribution is 0.273. The molecule has 0 spiro atoms. The Balaban J connectivity index is 2.08. The summed E-state index contributed by atoms with van der Waals surface area (Å²) in [7, 11) is 4.10. The molecule has 0 bridgehead atoms. The van der Waals surface area contributed by atoms with Crippen LogP contribution in [0.4, 0.5) is 0 Å². The van der Waals surface area contributed by atoms with Crippen molar-refractivity contribution in [2.45, 2.75) is 25.2 Å². The minimum absolute atomic E-state index is 0.692. The highest BCUT2D eigenvalue weighted by atomic mass is 15.5. The van der Waals surface area contributed by atoms with Gasteiger partial charge in [0, 0.05) is 20.6 Å². The summed E-state index contributed by atoms with van der Waals surface area (Å²) in [5.41, 5.74) is 6.49. The van der Waals surface area contributed by atoms with E-state index in [2.05, 4.69) is 43.8 Å². The lowest BCUT2D eigenvalue weighted by atomic mass is 9.83. The zero-order valence-corrected chi connectivity index (χ0v) is 9.66. The monoisotopic (exact) mass is 204 g/mol. The molecule has 1 atom stereocenters. The molecular formula is C13H20N2. The van der Waals surface area contributed by atoms with Crippen LogP contribution in [0.3, 0.4) is 0 Å². The maximum absolute atomic E-state index is 3.39. The van der Waals surface area contributed by atoms with Gasteiger partial charge in [0.1, 0.15) is 0 Å². The highest BCUT2D eigenvalue weighted by Gasteiger charge is 2.19. The van der Waals surface area contributed by atoms with Crippen molar-refractivity contribution in [2.24, 2.45) is 0 Å². The second-order valence-electron chi connectivity index (χ2n) is 4.54. The van der Waals surface area contributed by atoms with Gasteiger partial charge in [0.05, 0.1) is 0 Å². The Morgan fingerprint density at radius 2 is 2.13 bits per heavy atom. The van der Waals surface area contributed by atoms with E-state index in [-0.39, 0.29) is 0 Å². The zero-order valence-electron chi connectivity index (χ0n) is 9.66. The molecule has 2 rings (SSSR count). The first-order chi connectivity index (χ1) is 7.27. The van der Waals surface area contributed by atoms with Crippen molar-refractivity contribution < 1.29 is 0 Å². The van der Waals surface area contributed by atoms with E-state index in [4.69, 9.17) is 0 Å². The van der Waals surface area contributed by atoms with Crippen LogP contribution < -0.4 is 5.43 Å². The fraction of sp³-hybridized carbons (Fsp3) is 0.538. The predicted octanol–water partition coefficient (Wildman–Crippen LogP) is 2.17. The number of aryl methyl sites for hydroxylation is 1. The number of fused-ring (bicyclic) bond motifs is 1. The van der Waals surface area contributed by atoms with Crippen molar-refractivity contribution in [2.75, 3.05) is 20.6 Å². The Hall–Kier alpha value is -0.860. The Morgan fingerprint density at radius 3 is 2.93 bits per heavy atom. The zero-order chi connectivity index (χ0) is 10.7. The van der Waals surface area contributed by atoms with E-state index in [0.29, 0.717) is 5.92 Å². The fourth-order valence-corrected chi connectivity index (χ4v) is 2.36. The Morgan fingerprint density at radius 1 is 1.33 bits per heavy atom. The van der Waals surface area contributed by atoms with E-state index >= 15 is 0 Å². The Bertz CT molecular complexity index is 320. The second-order valence-corrected chi connectivity index (χ2v) is 4.54. The van der Waals surface area contributed by atoms with E-state index < -0.39 is 0 Å². The molecule has 0 aromatic heterocycles. The summed E-state index contributed by atoms with van der Waals surface area (Å²) in [5, 5.41) is 2.04. The average Bonchev–Trinajstić information content (AvgIpc) is 2.26. The molecule has 1 N–H and O–H groups in total. The molecule has 0 saturated heterocycles. The highest BCUT2D eigenvalue weighted by molar-refractivity contribution is 5.32. The summed E-state index contributed by atoms with van der Waals surface area (Å²) in [6.07, 6.45) is 3.91. The predicted molar refractivity (Wildman–Crippen MR) is 63.8 cm³/mol. The molecule has 0 aliphatic heterocycles. The first kappa shape index (κ1) is 10.7. The van der Waals surface area contributed by atoms with E-state index in [1.54, 1.807) is 11.1 Å². The van der Waals surface area contributed by atoms with Crippen molar-refractivity contribution >= 4 is 0 Å². The van der Waals surface area contributed by atoms with Gasteiger partial charge in [-0.1, -0.05) is 24.3 Å². The van der Waals surface area contributed by atoms with Crippen LogP contribution in [0.2, 0.25) is 0 Å². The van der Waals surface area contributed by atoms with Crippen molar-refractivity contribution in [3.05, 3.63) is 35.4 Å². The summed E-state index contributed by atoms with van der Waals surface area (Å²) in [6, 6.07) is 8.88. The molecule has 2 nitrogen and oxygen atoms in total. The van der Waals surface area contributed by atoms with Gasteiger partial charge in [-0.05, 0) is 36.3 Å². The van der Waals surface area contributed by atoms with E-state index in [1.165, 1.54) is 19.3 Å². The molecule has 15 heavy (non-hydrogen) atoms. The second kappa shape index (κ2) is 4.77. The van der Waals surface area contributed by atoms with Gasteiger partial charge < -0.3 is 0 Å². The lowest BCUT2D eigenvalue weighted by Gasteiger charge is -2.27. The normalized spacial score (nSPS) is 20.3.